The number of hydrogen-bond donors (Lipinski definition) is 1. The predicted molar refractivity (Wildman–Crippen MR) is 65.6 cm³/mol. The summed E-state index contributed by atoms with van der Waals surface area (Å²) in [5, 5.41) is 0. The summed E-state index contributed by atoms with van der Waals surface area (Å²) >= 11 is 0. The lowest BCUT2D eigenvalue weighted by molar-refractivity contribution is 0.116. The molecule has 1 aliphatic heterocycles. The van der Waals surface area contributed by atoms with Crippen molar-refractivity contribution >= 4 is 11.5 Å². The number of aryl methyl sites for hydroxylation is 1. The Labute approximate surface area is 96.4 Å². The van der Waals surface area contributed by atoms with E-state index < -0.39 is 0 Å². The van der Waals surface area contributed by atoms with E-state index in [1.54, 1.807) is 0 Å². The standard InChI is InChI=1S/C12H19N3O/c1-9-11(13)5-6-12(14-9)15(2)8-10-4-3-7-16-10/h5-6,10H,3-4,7-8,13H2,1-2H3. The summed E-state index contributed by atoms with van der Waals surface area (Å²) < 4.78 is 5.60. The monoisotopic (exact) mass is 221 g/mol. The fourth-order valence-corrected chi connectivity index (χ4v) is 1.96. The number of nitrogens with two attached hydrogens (primary N) is 1. The van der Waals surface area contributed by atoms with Gasteiger partial charge in [0.05, 0.1) is 17.5 Å². The summed E-state index contributed by atoms with van der Waals surface area (Å²) in [6.45, 7) is 3.72. The summed E-state index contributed by atoms with van der Waals surface area (Å²) in [4.78, 5) is 6.59. The Kier molecular flexibility index (Phi) is 3.29. The number of ether oxygens (including phenoxy) is 1. The maximum absolute atomic E-state index is 5.75. The third-order valence-electron chi connectivity index (χ3n) is 3.00. The number of nitrogens with zero attached hydrogens (tertiary/aromatic N) is 2. The van der Waals surface area contributed by atoms with Crippen LogP contribution in [-0.4, -0.2) is 31.3 Å². The minimum Gasteiger partial charge on any atom is -0.397 e. The van der Waals surface area contributed by atoms with Crippen molar-refractivity contribution < 1.29 is 4.74 Å². The van der Waals surface area contributed by atoms with Crippen molar-refractivity contribution in [2.24, 2.45) is 0 Å². The normalized spacial score (nSPS) is 20.0. The van der Waals surface area contributed by atoms with Crippen LogP contribution in [0.4, 0.5) is 11.5 Å². The van der Waals surface area contributed by atoms with E-state index in [9.17, 15) is 0 Å². The first-order valence-electron chi connectivity index (χ1n) is 5.72. The largest absolute Gasteiger partial charge is 0.397 e. The summed E-state index contributed by atoms with van der Waals surface area (Å²) in [5.41, 5.74) is 7.38. The zero-order valence-corrected chi connectivity index (χ0v) is 9.94. The Morgan fingerprint density at radius 2 is 2.38 bits per heavy atom. The van der Waals surface area contributed by atoms with Crippen molar-refractivity contribution in [3.8, 4) is 0 Å². The molecule has 1 aromatic heterocycles. The zero-order chi connectivity index (χ0) is 11.5. The quantitative estimate of drug-likeness (QED) is 0.842. The van der Waals surface area contributed by atoms with Gasteiger partial charge in [-0.05, 0) is 31.9 Å². The van der Waals surface area contributed by atoms with Crippen molar-refractivity contribution in [3.05, 3.63) is 17.8 Å². The van der Waals surface area contributed by atoms with Crippen LogP contribution >= 0.6 is 0 Å². The number of rotatable bonds is 3. The lowest BCUT2D eigenvalue weighted by Crippen LogP contribution is -2.29. The Bertz CT molecular complexity index is 361. The molecule has 0 aromatic carbocycles. The van der Waals surface area contributed by atoms with Crippen molar-refractivity contribution in [1.82, 2.24) is 4.98 Å². The van der Waals surface area contributed by atoms with Gasteiger partial charge in [-0.25, -0.2) is 4.98 Å². The second kappa shape index (κ2) is 4.70. The highest BCUT2D eigenvalue weighted by molar-refractivity contribution is 5.50. The fraction of sp³-hybridized carbons (Fsp3) is 0.583. The molecule has 4 heteroatoms. The Morgan fingerprint density at radius 1 is 1.56 bits per heavy atom. The molecular formula is C12H19N3O. The van der Waals surface area contributed by atoms with E-state index in [-0.39, 0.29) is 0 Å². The molecule has 1 fully saturated rings. The van der Waals surface area contributed by atoms with Crippen LogP contribution in [0.5, 0.6) is 0 Å². The van der Waals surface area contributed by atoms with Crippen LogP contribution in [0.15, 0.2) is 12.1 Å². The van der Waals surface area contributed by atoms with Crippen molar-refractivity contribution in [2.75, 3.05) is 30.8 Å². The third kappa shape index (κ3) is 2.44. The summed E-state index contributed by atoms with van der Waals surface area (Å²) in [5.74, 6) is 0.960. The van der Waals surface area contributed by atoms with Gasteiger partial charge in [0.1, 0.15) is 5.82 Å². The molecule has 2 rings (SSSR count). The molecule has 1 atom stereocenters. The molecule has 0 saturated carbocycles. The SMILES string of the molecule is Cc1nc(N(C)CC2CCCO2)ccc1N. The number of nitrogen functional groups attached to an aromatic ring is 1. The zero-order valence-electron chi connectivity index (χ0n) is 9.94. The van der Waals surface area contributed by atoms with Crippen molar-refractivity contribution in [2.45, 2.75) is 25.9 Å². The van der Waals surface area contributed by atoms with E-state index in [1.165, 1.54) is 6.42 Å². The molecule has 2 N–H and O–H groups in total. The molecular weight excluding hydrogens is 202 g/mol. The fourth-order valence-electron chi connectivity index (χ4n) is 1.96. The molecule has 0 amide bonds. The Balaban J connectivity index is 2.02. The van der Waals surface area contributed by atoms with Crippen LogP contribution in [0.2, 0.25) is 0 Å². The number of likely N-dealkylation sites (N-methyl/N-ethyl adjacent to an activating group) is 1. The average Bonchev–Trinajstić information content (AvgIpc) is 2.74. The van der Waals surface area contributed by atoms with E-state index in [4.69, 9.17) is 10.5 Å². The molecule has 0 spiro atoms. The minimum absolute atomic E-state index is 0.352. The summed E-state index contributed by atoms with van der Waals surface area (Å²) in [6, 6.07) is 3.86. The highest BCUT2D eigenvalue weighted by Gasteiger charge is 2.18. The Hall–Kier alpha value is -1.29. The van der Waals surface area contributed by atoms with Crippen molar-refractivity contribution in [3.63, 3.8) is 0 Å². The minimum atomic E-state index is 0.352. The van der Waals surface area contributed by atoms with Gasteiger partial charge in [0.15, 0.2) is 0 Å². The lowest BCUT2D eigenvalue weighted by Gasteiger charge is -2.22. The highest BCUT2D eigenvalue weighted by Crippen LogP contribution is 2.18. The first kappa shape index (κ1) is 11.2. The first-order chi connectivity index (χ1) is 7.66. The molecule has 2 heterocycles. The third-order valence-corrected chi connectivity index (χ3v) is 3.00. The molecule has 0 aliphatic carbocycles. The number of pyridine rings is 1. The van der Waals surface area contributed by atoms with E-state index in [1.807, 2.05) is 26.1 Å². The smallest absolute Gasteiger partial charge is 0.128 e. The van der Waals surface area contributed by atoms with Crippen molar-refractivity contribution in [1.29, 1.82) is 0 Å². The van der Waals surface area contributed by atoms with Crippen LogP contribution < -0.4 is 10.6 Å². The molecule has 1 aromatic rings. The van der Waals surface area contributed by atoms with E-state index in [0.29, 0.717) is 6.10 Å². The summed E-state index contributed by atoms with van der Waals surface area (Å²) in [7, 11) is 2.04. The van der Waals surface area contributed by atoms with Gasteiger partial charge in [-0.1, -0.05) is 0 Å². The number of anilines is 2. The second-order valence-corrected chi connectivity index (χ2v) is 4.36. The highest BCUT2D eigenvalue weighted by atomic mass is 16.5. The van der Waals surface area contributed by atoms with Gasteiger partial charge in [-0.2, -0.15) is 0 Å². The van der Waals surface area contributed by atoms with Crippen LogP contribution in [0, 0.1) is 6.92 Å². The van der Waals surface area contributed by atoms with Gasteiger partial charge in [0.2, 0.25) is 0 Å². The average molecular weight is 221 g/mol. The topological polar surface area (TPSA) is 51.4 Å². The Morgan fingerprint density at radius 3 is 3.00 bits per heavy atom. The van der Waals surface area contributed by atoms with Crippen LogP contribution in [0.1, 0.15) is 18.5 Å². The van der Waals surface area contributed by atoms with Crippen LogP contribution in [0.25, 0.3) is 0 Å². The van der Waals surface area contributed by atoms with Gasteiger partial charge in [-0.3, -0.25) is 0 Å². The molecule has 0 radical (unpaired) electrons. The van der Waals surface area contributed by atoms with Gasteiger partial charge < -0.3 is 15.4 Å². The maximum atomic E-state index is 5.75. The van der Waals surface area contributed by atoms with Crippen LogP contribution in [0.3, 0.4) is 0 Å². The van der Waals surface area contributed by atoms with E-state index >= 15 is 0 Å². The molecule has 4 nitrogen and oxygen atoms in total. The maximum Gasteiger partial charge on any atom is 0.128 e. The summed E-state index contributed by atoms with van der Waals surface area (Å²) in [6.07, 6.45) is 2.68. The van der Waals surface area contributed by atoms with Gasteiger partial charge in [0, 0.05) is 20.2 Å². The van der Waals surface area contributed by atoms with E-state index in [0.717, 1.165) is 36.8 Å². The molecule has 1 saturated heterocycles. The second-order valence-electron chi connectivity index (χ2n) is 4.36. The van der Waals surface area contributed by atoms with E-state index in [2.05, 4.69) is 9.88 Å². The van der Waals surface area contributed by atoms with Gasteiger partial charge >= 0.3 is 0 Å². The van der Waals surface area contributed by atoms with Gasteiger partial charge in [-0.15, -0.1) is 0 Å². The molecule has 0 bridgehead atoms. The number of hydrogen-bond acceptors (Lipinski definition) is 4. The van der Waals surface area contributed by atoms with Crippen LogP contribution in [-0.2, 0) is 4.74 Å². The molecule has 88 valence electrons. The van der Waals surface area contributed by atoms with Gasteiger partial charge in [0.25, 0.3) is 0 Å². The first-order valence-corrected chi connectivity index (χ1v) is 5.72. The predicted octanol–water partition coefficient (Wildman–Crippen LogP) is 1.59. The molecule has 16 heavy (non-hydrogen) atoms. The molecule has 1 aliphatic rings. The number of aromatic nitrogens is 1. The lowest BCUT2D eigenvalue weighted by atomic mass is 10.2. The molecule has 1 unspecified atom stereocenters.